The van der Waals surface area contributed by atoms with Crippen LogP contribution in [0.1, 0.15) is 23.7 Å². The van der Waals surface area contributed by atoms with Crippen molar-refractivity contribution in [2.45, 2.75) is 25.9 Å². The van der Waals surface area contributed by atoms with Crippen LogP contribution in [0.2, 0.25) is 0 Å². The Hall–Kier alpha value is -2.29. The van der Waals surface area contributed by atoms with Crippen molar-refractivity contribution in [3.63, 3.8) is 0 Å². The summed E-state index contributed by atoms with van der Waals surface area (Å²) < 4.78 is 40.5. The second-order valence-electron chi connectivity index (χ2n) is 4.25. The zero-order valence-corrected chi connectivity index (χ0v) is 10.8. The highest BCUT2D eigenvalue weighted by Gasteiger charge is 2.38. The molecule has 0 aliphatic carbocycles. The van der Waals surface area contributed by atoms with Gasteiger partial charge in [0.15, 0.2) is 5.69 Å². The minimum atomic E-state index is -4.55. The first kappa shape index (κ1) is 14.1. The van der Waals surface area contributed by atoms with Gasteiger partial charge in [0.05, 0.1) is 24.4 Å². The molecule has 1 aromatic heterocycles. The SMILES string of the molecule is CCc1ccccc1-n1ncc(CC#N)c1C(F)(F)F. The molecule has 1 aromatic carbocycles. The molecule has 0 amide bonds. The number of nitriles is 1. The van der Waals surface area contributed by atoms with E-state index < -0.39 is 11.9 Å². The second kappa shape index (κ2) is 5.37. The number of benzene rings is 1. The van der Waals surface area contributed by atoms with Crippen molar-refractivity contribution in [2.24, 2.45) is 0 Å². The van der Waals surface area contributed by atoms with E-state index in [0.29, 0.717) is 12.1 Å². The maximum Gasteiger partial charge on any atom is 0.433 e. The molecule has 0 aliphatic heterocycles. The second-order valence-corrected chi connectivity index (χ2v) is 4.25. The Morgan fingerprint density at radius 3 is 2.55 bits per heavy atom. The maximum atomic E-state index is 13.2. The van der Waals surface area contributed by atoms with Crippen LogP contribution in [0, 0.1) is 11.3 Å². The van der Waals surface area contributed by atoms with E-state index in [9.17, 15) is 13.2 Å². The molecule has 0 atom stereocenters. The predicted octanol–water partition coefficient (Wildman–Crippen LogP) is 3.52. The van der Waals surface area contributed by atoms with Crippen LogP contribution in [-0.4, -0.2) is 9.78 Å². The number of nitrogens with zero attached hydrogens (tertiary/aromatic N) is 3. The lowest BCUT2D eigenvalue weighted by atomic mass is 10.1. The third-order valence-corrected chi connectivity index (χ3v) is 2.98. The highest BCUT2D eigenvalue weighted by molar-refractivity contribution is 5.43. The third-order valence-electron chi connectivity index (χ3n) is 2.98. The van der Waals surface area contributed by atoms with Gasteiger partial charge in [0.1, 0.15) is 0 Å². The first-order valence-electron chi connectivity index (χ1n) is 6.08. The molecule has 3 nitrogen and oxygen atoms in total. The molecule has 0 aliphatic rings. The zero-order chi connectivity index (χ0) is 14.8. The molecular weight excluding hydrogens is 267 g/mol. The van der Waals surface area contributed by atoms with Crippen molar-refractivity contribution < 1.29 is 13.2 Å². The Morgan fingerprint density at radius 1 is 1.25 bits per heavy atom. The van der Waals surface area contributed by atoms with E-state index >= 15 is 0 Å². The molecule has 0 saturated heterocycles. The molecule has 0 unspecified atom stereocenters. The van der Waals surface area contributed by atoms with E-state index in [1.807, 2.05) is 6.92 Å². The summed E-state index contributed by atoms with van der Waals surface area (Å²) in [5.74, 6) is 0. The summed E-state index contributed by atoms with van der Waals surface area (Å²) >= 11 is 0. The highest BCUT2D eigenvalue weighted by atomic mass is 19.4. The van der Waals surface area contributed by atoms with Crippen LogP contribution in [0.25, 0.3) is 5.69 Å². The summed E-state index contributed by atoms with van der Waals surface area (Å²) in [5, 5.41) is 12.5. The monoisotopic (exact) mass is 279 g/mol. The topological polar surface area (TPSA) is 41.6 Å². The van der Waals surface area contributed by atoms with Crippen molar-refractivity contribution in [2.75, 3.05) is 0 Å². The molecule has 1 heterocycles. The normalized spacial score (nSPS) is 11.3. The van der Waals surface area contributed by atoms with Crippen molar-refractivity contribution in [3.05, 3.63) is 47.3 Å². The fraction of sp³-hybridized carbons (Fsp3) is 0.286. The van der Waals surface area contributed by atoms with Crippen LogP contribution < -0.4 is 0 Å². The van der Waals surface area contributed by atoms with Gasteiger partial charge in [-0.1, -0.05) is 25.1 Å². The van der Waals surface area contributed by atoms with E-state index in [0.717, 1.165) is 16.4 Å². The first-order chi connectivity index (χ1) is 9.49. The highest BCUT2D eigenvalue weighted by Crippen LogP contribution is 2.34. The fourth-order valence-corrected chi connectivity index (χ4v) is 2.10. The van der Waals surface area contributed by atoms with E-state index in [4.69, 9.17) is 5.26 Å². The number of aromatic nitrogens is 2. The van der Waals surface area contributed by atoms with Gasteiger partial charge in [-0.3, -0.25) is 0 Å². The van der Waals surface area contributed by atoms with Crippen molar-refractivity contribution >= 4 is 0 Å². The summed E-state index contributed by atoms with van der Waals surface area (Å²) in [4.78, 5) is 0. The molecule has 0 radical (unpaired) electrons. The lowest BCUT2D eigenvalue weighted by molar-refractivity contribution is -0.143. The summed E-state index contributed by atoms with van der Waals surface area (Å²) in [6, 6.07) is 8.54. The number of halogens is 3. The molecule has 2 rings (SSSR count). The first-order valence-corrected chi connectivity index (χ1v) is 6.08. The molecule has 0 bridgehead atoms. The van der Waals surface area contributed by atoms with Gasteiger partial charge in [-0.2, -0.15) is 23.5 Å². The lowest BCUT2D eigenvalue weighted by Gasteiger charge is -2.14. The number of para-hydroxylation sites is 1. The van der Waals surface area contributed by atoms with Crippen LogP contribution >= 0.6 is 0 Å². The third kappa shape index (κ3) is 2.52. The van der Waals surface area contributed by atoms with Crippen LogP contribution in [-0.2, 0) is 19.0 Å². The van der Waals surface area contributed by atoms with Gasteiger partial charge in [-0.25, -0.2) is 4.68 Å². The zero-order valence-electron chi connectivity index (χ0n) is 10.8. The molecule has 0 N–H and O–H groups in total. The molecule has 0 spiro atoms. The number of rotatable bonds is 3. The van der Waals surface area contributed by atoms with Crippen molar-refractivity contribution in [1.29, 1.82) is 5.26 Å². The summed E-state index contributed by atoms with van der Waals surface area (Å²) in [7, 11) is 0. The minimum absolute atomic E-state index is 0.106. The summed E-state index contributed by atoms with van der Waals surface area (Å²) in [6.45, 7) is 1.87. The van der Waals surface area contributed by atoms with Crippen LogP contribution in [0.5, 0.6) is 0 Å². The molecule has 0 saturated carbocycles. The van der Waals surface area contributed by atoms with Crippen LogP contribution in [0.4, 0.5) is 13.2 Å². The van der Waals surface area contributed by atoms with Gasteiger partial charge < -0.3 is 0 Å². The molecule has 20 heavy (non-hydrogen) atoms. The van der Waals surface area contributed by atoms with Gasteiger partial charge in [0.2, 0.25) is 0 Å². The van der Waals surface area contributed by atoms with E-state index in [2.05, 4.69) is 5.10 Å². The minimum Gasteiger partial charge on any atom is -0.228 e. The Labute approximate surface area is 114 Å². The lowest BCUT2D eigenvalue weighted by Crippen LogP contribution is -2.16. The number of hydrogen-bond donors (Lipinski definition) is 0. The standard InChI is InChI=1S/C14H12F3N3/c1-2-10-5-3-4-6-12(10)20-13(14(15,16)17)11(7-8-18)9-19-20/h3-6,9H,2,7H2,1H3. The fourth-order valence-electron chi connectivity index (χ4n) is 2.10. The Balaban J connectivity index is 2.66. The maximum absolute atomic E-state index is 13.2. The number of aryl methyl sites for hydroxylation is 1. The molecule has 6 heteroatoms. The van der Waals surface area contributed by atoms with Gasteiger partial charge in [0.25, 0.3) is 0 Å². The van der Waals surface area contributed by atoms with Crippen molar-refractivity contribution in [3.8, 4) is 11.8 Å². The number of hydrogen-bond acceptors (Lipinski definition) is 2. The molecule has 0 fully saturated rings. The Bertz CT molecular complexity index is 650. The largest absolute Gasteiger partial charge is 0.433 e. The van der Waals surface area contributed by atoms with Crippen molar-refractivity contribution in [1.82, 2.24) is 9.78 Å². The van der Waals surface area contributed by atoms with Gasteiger partial charge >= 0.3 is 6.18 Å². The smallest absolute Gasteiger partial charge is 0.228 e. The Kier molecular flexibility index (Phi) is 3.79. The van der Waals surface area contributed by atoms with Gasteiger partial charge in [0, 0.05) is 5.56 Å². The van der Waals surface area contributed by atoms with Crippen LogP contribution in [0.3, 0.4) is 0 Å². The average molecular weight is 279 g/mol. The summed E-state index contributed by atoms with van der Waals surface area (Å²) in [5.41, 5.74) is 0.182. The quantitative estimate of drug-likeness (QED) is 0.862. The average Bonchev–Trinajstić information content (AvgIpc) is 2.82. The molecular formula is C14H12F3N3. The summed E-state index contributed by atoms with van der Waals surface area (Å²) in [6.07, 6.45) is -3.16. The van der Waals surface area contributed by atoms with E-state index in [1.54, 1.807) is 30.3 Å². The predicted molar refractivity (Wildman–Crippen MR) is 67.3 cm³/mol. The van der Waals surface area contributed by atoms with E-state index in [-0.39, 0.29) is 12.0 Å². The van der Waals surface area contributed by atoms with Crippen LogP contribution in [0.15, 0.2) is 30.5 Å². The van der Waals surface area contributed by atoms with Gasteiger partial charge in [-0.15, -0.1) is 0 Å². The molecule has 2 aromatic rings. The molecule has 104 valence electrons. The number of alkyl halides is 3. The Morgan fingerprint density at radius 2 is 1.95 bits per heavy atom. The van der Waals surface area contributed by atoms with E-state index in [1.165, 1.54) is 0 Å². The van der Waals surface area contributed by atoms with Gasteiger partial charge in [-0.05, 0) is 18.1 Å².